The molecule has 0 aromatic heterocycles. The fraction of sp³-hybridized carbons (Fsp3) is 0.467. The molecule has 1 aromatic rings. The number of carbonyl (C=O) groups is 2. The SMILES string of the molecule is C[C@@]1(C(=O)O)CC(O)CCN1C(=O)OCc1ccccc1. The number of amides is 1. The number of hydrogen-bond donors (Lipinski definition) is 2. The van der Waals surface area contributed by atoms with Crippen LogP contribution in [0.25, 0.3) is 0 Å². The average molecular weight is 293 g/mol. The number of piperidine rings is 1. The van der Waals surface area contributed by atoms with Gasteiger partial charge in [-0.05, 0) is 18.9 Å². The molecule has 2 rings (SSSR count). The molecule has 1 aromatic carbocycles. The Labute approximate surface area is 122 Å². The number of benzene rings is 1. The highest BCUT2D eigenvalue weighted by Crippen LogP contribution is 2.29. The number of aliphatic hydroxyl groups is 1. The van der Waals surface area contributed by atoms with Gasteiger partial charge in [0.25, 0.3) is 0 Å². The number of carbonyl (C=O) groups excluding carboxylic acids is 1. The molecule has 2 N–H and O–H groups in total. The predicted molar refractivity (Wildman–Crippen MR) is 74.6 cm³/mol. The first kappa shape index (κ1) is 15.3. The van der Waals surface area contributed by atoms with Crippen LogP contribution in [0, 0.1) is 0 Å². The molecule has 0 aliphatic carbocycles. The van der Waals surface area contributed by atoms with Crippen molar-refractivity contribution in [2.24, 2.45) is 0 Å². The summed E-state index contributed by atoms with van der Waals surface area (Å²) >= 11 is 0. The minimum absolute atomic E-state index is 0.00275. The molecule has 0 radical (unpaired) electrons. The highest BCUT2D eigenvalue weighted by Gasteiger charge is 2.47. The summed E-state index contributed by atoms with van der Waals surface area (Å²) < 4.78 is 5.19. The molecule has 114 valence electrons. The van der Waals surface area contributed by atoms with Crippen molar-refractivity contribution in [3.05, 3.63) is 35.9 Å². The second-order valence-corrected chi connectivity index (χ2v) is 5.42. The van der Waals surface area contributed by atoms with Crippen LogP contribution < -0.4 is 0 Å². The van der Waals surface area contributed by atoms with E-state index in [2.05, 4.69) is 0 Å². The highest BCUT2D eigenvalue weighted by atomic mass is 16.6. The van der Waals surface area contributed by atoms with Gasteiger partial charge in [-0.3, -0.25) is 4.90 Å². The molecule has 1 unspecified atom stereocenters. The molecule has 2 atom stereocenters. The molecule has 1 fully saturated rings. The van der Waals surface area contributed by atoms with E-state index in [1.807, 2.05) is 30.3 Å². The molecule has 6 nitrogen and oxygen atoms in total. The number of aliphatic hydroxyl groups excluding tert-OH is 1. The maximum Gasteiger partial charge on any atom is 0.411 e. The first-order valence-corrected chi connectivity index (χ1v) is 6.83. The van der Waals surface area contributed by atoms with Crippen LogP contribution in [0.1, 0.15) is 25.3 Å². The number of rotatable bonds is 3. The average Bonchev–Trinajstić information content (AvgIpc) is 2.45. The zero-order chi connectivity index (χ0) is 15.5. The molecular formula is C15H19NO5. The lowest BCUT2D eigenvalue weighted by Crippen LogP contribution is -2.60. The van der Waals surface area contributed by atoms with E-state index in [1.165, 1.54) is 11.8 Å². The zero-order valence-electron chi connectivity index (χ0n) is 11.9. The first-order chi connectivity index (χ1) is 9.93. The Morgan fingerprint density at radius 3 is 2.67 bits per heavy atom. The van der Waals surface area contributed by atoms with Gasteiger partial charge < -0.3 is 14.9 Å². The monoisotopic (exact) mass is 293 g/mol. The Bertz CT molecular complexity index is 518. The molecule has 0 saturated carbocycles. The van der Waals surface area contributed by atoms with E-state index in [9.17, 15) is 19.8 Å². The maximum absolute atomic E-state index is 12.2. The van der Waals surface area contributed by atoms with Gasteiger partial charge in [0, 0.05) is 13.0 Å². The molecule has 0 spiro atoms. The van der Waals surface area contributed by atoms with E-state index >= 15 is 0 Å². The number of hydrogen-bond acceptors (Lipinski definition) is 4. The number of nitrogens with zero attached hydrogens (tertiary/aromatic N) is 1. The fourth-order valence-corrected chi connectivity index (χ4v) is 2.49. The van der Waals surface area contributed by atoms with Gasteiger partial charge in [-0.25, -0.2) is 9.59 Å². The molecule has 1 aliphatic heterocycles. The fourth-order valence-electron chi connectivity index (χ4n) is 2.49. The molecule has 0 bridgehead atoms. The lowest BCUT2D eigenvalue weighted by atomic mass is 9.87. The second-order valence-electron chi connectivity index (χ2n) is 5.42. The van der Waals surface area contributed by atoms with Crippen molar-refractivity contribution < 1.29 is 24.5 Å². The highest BCUT2D eigenvalue weighted by molar-refractivity contribution is 5.84. The predicted octanol–water partition coefficient (Wildman–Crippen LogP) is 1.62. The summed E-state index contributed by atoms with van der Waals surface area (Å²) in [5, 5.41) is 19.0. The summed E-state index contributed by atoms with van der Waals surface area (Å²) in [6, 6.07) is 9.18. The van der Waals surface area contributed by atoms with E-state index in [0.717, 1.165) is 5.56 Å². The van der Waals surface area contributed by atoms with Crippen LogP contribution >= 0.6 is 0 Å². The van der Waals surface area contributed by atoms with Crippen molar-refractivity contribution in [2.75, 3.05) is 6.54 Å². The van der Waals surface area contributed by atoms with Crippen molar-refractivity contribution in [3.8, 4) is 0 Å². The van der Waals surface area contributed by atoms with Crippen molar-refractivity contribution in [1.29, 1.82) is 0 Å². The van der Waals surface area contributed by atoms with Gasteiger partial charge in [0.05, 0.1) is 6.10 Å². The van der Waals surface area contributed by atoms with E-state index in [0.29, 0.717) is 6.42 Å². The minimum atomic E-state index is -1.44. The second kappa shape index (κ2) is 6.13. The van der Waals surface area contributed by atoms with Crippen molar-refractivity contribution >= 4 is 12.1 Å². The Hall–Kier alpha value is -2.08. The number of likely N-dealkylation sites (tertiary alicyclic amines) is 1. The normalized spacial score (nSPS) is 25.4. The van der Waals surface area contributed by atoms with E-state index < -0.39 is 23.7 Å². The zero-order valence-corrected chi connectivity index (χ0v) is 11.9. The lowest BCUT2D eigenvalue weighted by Gasteiger charge is -2.42. The quantitative estimate of drug-likeness (QED) is 0.884. The van der Waals surface area contributed by atoms with E-state index in [-0.39, 0.29) is 19.6 Å². The van der Waals surface area contributed by atoms with Gasteiger partial charge in [-0.2, -0.15) is 0 Å². The third-order valence-electron chi connectivity index (χ3n) is 3.80. The molecule has 1 aliphatic rings. The summed E-state index contributed by atoms with van der Waals surface area (Å²) in [7, 11) is 0. The Kier molecular flexibility index (Phi) is 4.47. The van der Waals surface area contributed by atoms with Crippen molar-refractivity contribution in [3.63, 3.8) is 0 Å². The molecule has 6 heteroatoms. The van der Waals surface area contributed by atoms with E-state index in [4.69, 9.17) is 4.74 Å². The third-order valence-corrected chi connectivity index (χ3v) is 3.80. The van der Waals surface area contributed by atoms with Gasteiger partial charge in [0.15, 0.2) is 0 Å². The first-order valence-electron chi connectivity index (χ1n) is 6.83. The standard InChI is InChI=1S/C15H19NO5/c1-15(13(18)19)9-12(17)7-8-16(15)14(20)21-10-11-5-3-2-4-6-11/h2-6,12,17H,7-10H2,1H3,(H,18,19)/t12?,15-/m0/s1. The van der Waals surface area contributed by atoms with Crippen LogP contribution in [-0.2, 0) is 16.1 Å². The number of aliphatic carboxylic acids is 1. The Morgan fingerprint density at radius 2 is 2.05 bits per heavy atom. The smallest absolute Gasteiger partial charge is 0.411 e. The Morgan fingerprint density at radius 1 is 1.38 bits per heavy atom. The summed E-state index contributed by atoms with van der Waals surface area (Å²) in [6.45, 7) is 1.69. The third kappa shape index (κ3) is 3.33. The summed E-state index contributed by atoms with van der Waals surface area (Å²) in [6.07, 6.45) is -1.04. The summed E-state index contributed by atoms with van der Waals surface area (Å²) in [5.41, 5.74) is -0.606. The van der Waals surface area contributed by atoms with Gasteiger partial charge in [0.2, 0.25) is 0 Å². The van der Waals surface area contributed by atoms with Gasteiger partial charge in [-0.15, -0.1) is 0 Å². The summed E-state index contributed by atoms with van der Waals surface area (Å²) in [5.74, 6) is -1.14. The maximum atomic E-state index is 12.2. The molecule has 1 saturated heterocycles. The number of ether oxygens (including phenoxy) is 1. The molecule has 1 amide bonds. The van der Waals surface area contributed by atoms with Crippen LogP contribution in [0.15, 0.2) is 30.3 Å². The largest absolute Gasteiger partial charge is 0.480 e. The van der Waals surface area contributed by atoms with Gasteiger partial charge >= 0.3 is 12.1 Å². The van der Waals surface area contributed by atoms with Crippen LogP contribution in [0.2, 0.25) is 0 Å². The van der Waals surface area contributed by atoms with Gasteiger partial charge in [-0.1, -0.05) is 30.3 Å². The van der Waals surface area contributed by atoms with Gasteiger partial charge in [0.1, 0.15) is 12.1 Å². The molecule has 21 heavy (non-hydrogen) atoms. The van der Waals surface area contributed by atoms with Crippen molar-refractivity contribution in [2.45, 2.75) is 38.0 Å². The number of carboxylic acids is 1. The summed E-state index contributed by atoms with van der Waals surface area (Å²) in [4.78, 5) is 24.8. The Balaban J connectivity index is 2.04. The van der Waals surface area contributed by atoms with Crippen molar-refractivity contribution in [1.82, 2.24) is 4.90 Å². The van der Waals surface area contributed by atoms with Crippen LogP contribution in [-0.4, -0.2) is 45.4 Å². The molecular weight excluding hydrogens is 274 g/mol. The number of carboxylic acid groups (broad SMARTS) is 1. The van der Waals surface area contributed by atoms with Crippen LogP contribution in [0.4, 0.5) is 4.79 Å². The molecule has 1 heterocycles. The topological polar surface area (TPSA) is 87.1 Å². The van der Waals surface area contributed by atoms with Crippen LogP contribution in [0.5, 0.6) is 0 Å². The lowest BCUT2D eigenvalue weighted by molar-refractivity contribution is -0.154. The minimum Gasteiger partial charge on any atom is -0.480 e. The van der Waals surface area contributed by atoms with E-state index in [1.54, 1.807) is 0 Å². The van der Waals surface area contributed by atoms with Crippen LogP contribution in [0.3, 0.4) is 0 Å².